The first-order chi connectivity index (χ1) is 12.7. The second kappa shape index (κ2) is 8.53. The van der Waals surface area contributed by atoms with Gasteiger partial charge in [-0.15, -0.1) is 11.3 Å². The van der Waals surface area contributed by atoms with E-state index in [1.165, 1.54) is 14.2 Å². The summed E-state index contributed by atoms with van der Waals surface area (Å²) in [6, 6.07) is 0. The predicted octanol–water partition coefficient (Wildman–Crippen LogP) is 3.13. The number of nitrogens with zero attached hydrogens (tertiary/aromatic N) is 2. The van der Waals surface area contributed by atoms with E-state index in [1.807, 2.05) is 6.92 Å². The maximum Gasteiger partial charge on any atom is 0.348 e. The summed E-state index contributed by atoms with van der Waals surface area (Å²) >= 11 is 7.07. The number of nitrogens with one attached hydrogen (secondary N) is 1. The Labute approximate surface area is 165 Å². The van der Waals surface area contributed by atoms with Gasteiger partial charge in [-0.3, -0.25) is 9.48 Å². The molecule has 0 saturated carbocycles. The van der Waals surface area contributed by atoms with Crippen molar-refractivity contribution < 1.29 is 23.9 Å². The summed E-state index contributed by atoms with van der Waals surface area (Å²) in [5.74, 6) is -1.55. The van der Waals surface area contributed by atoms with Gasteiger partial charge in [-0.25, -0.2) is 9.59 Å². The minimum Gasteiger partial charge on any atom is -0.465 e. The molecule has 2 aromatic rings. The van der Waals surface area contributed by atoms with E-state index < -0.39 is 11.9 Å². The lowest BCUT2D eigenvalue weighted by Gasteiger charge is -2.07. The van der Waals surface area contributed by atoms with Crippen LogP contribution in [0.15, 0.2) is 0 Å². The van der Waals surface area contributed by atoms with Gasteiger partial charge in [0.2, 0.25) is 5.91 Å². The number of anilines is 1. The maximum atomic E-state index is 12.4. The van der Waals surface area contributed by atoms with E-state index in [0.717, 1.165) is 17.0 Å². The second-order valence-electron chi connectivity index (χ2n) is 5.75. The summed E-state index contributed by atoms with van der Waals surface area (Å²) in [5, 5.41) is 7.76. The number of carbonyl (C=O) groups is 3. The van der Waals surface area contributed by atoms with Gasteiger partial charge in [0, 0.05) is 6.42 Å². The standard InChI is InChI=1S/C17H20ClN3O5S/c1-8-12(16(23)25-4)15(27-14(8)17(24)26-5)19-11(22)6-7-21-10(3)13(18)9(2)20-21/h6-7H2,1-5H3,(H,19,22). The van der Waals surface area contributed by atoms with Crippen molar-refractivity contribution in [2.45, 2.75) is 33.7 Å². The van der Waals surface area contributed by atoms with Gasteiger partial charge < -0.3 is 14.8 Å². The van der Waals surface area contributed by atoms with Crippen molar-refractivity contribution in [2.75, 3.05) is 19.5 Å². The van der Waals surface area contributed by atoms with Crippen molar-refractivity contribution in [3.05, 3.63) is 32.4 Å². The summed E-state index contributed by atoms with van der Waals surface area (Å²) in [6.45, 7) is 5.54. The lowest BCUT2D eigenvalue weighted by molar-refractivity contribution is -0.116. The first-order valence-electron chi connectivity index (χ1n) is 8.00. The van der Waals surface area contributed by atoms with Crippen LogP contribution in [0.4, 0.5) is 5.00 Å². The largest absolute Gasteiger partial charge is 0.465 e. The number of halogens is 1. The lowest BCUT2D eigenvalue weighted by atomic mass is 10.1. The minimum absolute atomic E-state index is 0.114. The molecule has 0 saturated heterocycles. The van der Waals surface area contributed by atoms with Crippen molar-refractivity contribution >= 4 is 45.8 Å². The van der Waals surface area contributed by atoms with Crippen LogP contribution in [0.3, 0.4) is 0 Å². The Morgan fingerprint density at radius 2 is 1.78 bits per heavy atom. The quantitative estimate of drug-likeness (QED) is 0.730. The zero-order valence-corrected chi connectivity index (χ0v) is 17.2. The highest BCUT2D eigenvalue weighted by Crippen LogP contribution is 2.34. The fourth-order valence-electron chi connectivity index (χ4n) is 2.53. The molecule has 2 rings (SSSR count). The number of amides is 1. The van der Waals surface area contributed by atoms with E-state index >= 15 is 0 Å². The highest BCUT2D eigenvalue weighted by atomic mass is 35.5. The molecule has 10 heteroatoms. The van der Waals surface area contributed by atoms with Crippen molar-refractivity contribution in [3.8, 4) is 0 Å². The Hall–Kier alpha value is -2.39. The molecule has 8 nitrogen and oxygen atoms in total. The number of methoxy groups -OCH3 is 2. The summed E-state index contributed by atoms with van der Waals surface area (Å²) in [4.78, 5) is 36.6. The molecule has 27 heavy (non-hydrogen) atoms. The maximum absolute atomic E-state index is 12.4. The molecule has 0 aliphatic heterocycles. The molecular formula is C17H20ClN3O5S. The zero-order valence-electron chi connectivity index (χ0n) is 15.6. The van der Waals surface area contributed by atoms with Crippen LogP contribution in [0.2, 0.25) is 5.02 Å². The monoisotopic (exact) mass is 413 g/mol. The van der Waals surface area contributed by atoms with E-state index in [-0.39, 0.29) is 27.8 Å². The molecule has 0 aliphatic rings. The number of aromatic nitrogens is 2. The van der Waals surface area contributed by atoms with Crippen LogP contribution in [-0.2, 0) is 20.8 Å². The third-order valence-corrected chi connectivity index (χ3v) is 5.74. The molecule has 2 aromatic heterocycles. The molecule has 0 fully saturated rings. The molecule has 2 heterocycles. The van der Waals surface area contributed by atoms with Gasteiger partial charge in [0.15, 0.2) is 0 Å². The molecule has 1 amide bonds. The first-order valence-corrected chi connectivity index (χ1v) is 9.20. The summed E-state index contributed by atoms with van der Waals surface area (Å²) in [7, 11) is 2.48. The third-order valence-electron chi connectivity index (χ3n) is 4.00. The van der Waals surface area contributed by atoms with Crippen LogP contribution < -0.4 is 5.32 Å². The number of hydrogen-bond donors (Lipinski definition) is 1. The SMILES string of the molecule is COC(=O)c1sc(NC(=O)CCn2nc(C)c(Cl)c2C)c(C(=O)OC)c1C. The number of hydrogen-bond acceptors (Lipinski definition) is 7. The molecule has 0 aliphatic carbocycles. The lowest BCUT2D eigenvalue weighted by Crippen LogP contribution is -2.17. The van der Waals surface area contributed by atoms with Gasteiger partial charge in [-0.05, 0) is 26.3 Å². The van der Waals surface area contributed by atoms with Gasteiger partial charge in [0.1, 0.15) is 9.88 Å². The van der Waals surface area contributed by atoms with E-state index in [1.54, 1.807) is 18.5 Å². The number of aryl methyl sites for hydroxylation is 2. The Bertz CT molecular complexity index is 903. The molecule has 0 radical (unpaired) electrons. The Morgan fingerprint density at radius 3 is 2.30 bits per heavy atom. The van der Waals surface area contributed by atoms with Gasteiger partial charge in [0.25, 0.3) is 0 Å². The molecule has 0 bridgehead atoms. The summed E-state index contributed by atoms with van der Waals surface area (Å²) in [5.41, 5.74) is 2.01. The van der Waals surface area contributed by atoms with Crippen molar-refractivity contribution in [1.82, 2.24) is 9.78 Å². The molecule has 0 aromatic carbocycles. The molecular weight excluding hydrogens is 394 g/mol. The third kappa shape index (κ3) is 4.30. The average molecular weight is 414 g/mol. The fraction of sp³-hybridized carbons (Fsp3) is 0.412. The van der Waals surface area contributed by atoms with Gasteiger partial charge in [0.05, 0.1) is 42.7 Å². The molecule has 146 valence electrons. The second-order valence-corrected chi connectivity index (χ2v) is 7.15. The van der Waals surface area contributed by atoms with Crippen molar-refractivity contribution in [3.63, 3.8) is 0 Å². The average Bonchev–Trinajstić information content (AvgIpc) is 3.09. The molecule has 0 spiro atoms. The molecule has 0 unspecified atom stereocenters. The number of thiophene rings is 1. The van der Waals surface area contributed by atoms with Crippen LogP contribution in [0.5, 0.6) is 0 Å². The van der Waals surface area contributed by atoms with Crippen LogP contribution >= 0.6 is 22.9 Å². The van der Waals surface area contributed by atoms with Crippen LogP contribution in [0.1, 0.15) is 43.4 Å². The highest BCUT2D eigenvalue weighted by molar-refractivity contribution is 7.18. The fourth-order valence-corrected chi connectivity index (χ4v) is 3.79. The highest BCUT2D eigenvalue weighted by Gasteiger charge is 2.26. The predicted molar refractivity (Wildman–Crippen MR) is 102 cm³/mol. The minimum atomic E-state index is -0.639. The van der Waals surface area contributed by atoms with Crippen molar-refractivity contribution in [1.29, 1.82) is 0 Å². The summed E-state index contributed by atoms with van der Waals surface area (Å²) < 4.78 is 11.1. The molecule has 0 atom stereocenters. The van der Waals surface area contributed by atoms with Crippen LogP contribution in [0.25, 0.3) is 0 Å². The van der Waals surface area contributed by atoms with Crippen molar-refractivity contribution in [2.24, 2.45) is 0 Å². The number of carbonyl (C=O) groups excluding carboxylic acids is 3. The number of esters is 2. The van der Waals surface area contributed by atoms with Crippen LogP contribution in [0, 0.1) is 20.8 Å². The Morgan fingerprint density at radius 1 is 1.15 bits per heavy atom. The Balaban J connectivity index is 2.20. The number of rotatable bonds is 6. The first kappa shape index (κ1) is 20.9. The number of ether oxygens (including phenoxy) is 2. The normalized spacial score (nSPS) is 10.6. The van der Waals surface area contributed by atoms with Gasteiger partial charge >= 0.3 is 11.9 Å². The van der Waals surface area contributed by atoms with Crippen LogP contribution in [-0.4, -0.2) is 41.8 Å². The zero-order chi connectivity index (χ0) is 20.3. The van der Waals surface area contributed by atoms with E-state index in [0.29, 0.717) is 22.8 Å². The molecule has 1 N–H and O–H groups in total. The van der Waals surface area contributed by atoms with E-state index in [4.69, 9.17) is 21.1 Å². The van der Waals surface area contributed by atoms with Gasteiger partial charge in [-0.2, -0.15) is 5.10 Å². The smallest absolute Gasteiger partial charge is 0.348 e. The van der Waals surface area contributed by atoms with Gasteiger partial charge in [-0.1, -0.05) is 11.6 Å². The van der Waals surface area contributed by atoms with E-state index in [2.05, 4.69) is 10.4 Å². The van der Waals surface area contributed by atoms with E-state index in [9.17, 15) is 14.4 Å². The topological polar surface area (TPSA) is 99.5 Å². The summed E-state index contributed by atoms with van der Waals surface area (Å²) in [6.07, 6.45) is 0.114. The Kier molecular flexibility index (Phi) is 6.61.